The highest BCUT2D eigenvalue weighted by Gasteiger charge is 2.19. The molecule has 0 radical (unpaired) electrons. The van der Waals surface area contributed by atoms with Gasteiger partial charge in [0.05, 0.1) is 23.8 Å². The summed E-state index contributed by atoms with van der Waals surface area (Å²) >= 11 is 0. The fraction of sp³-hybridized carbons (Fsp3) is 0.241. The number of allylic oxidation sites excluding steroid dienone is 2. The summed E-state index contributed by atoms with van der Waals surface area (Å²) in [5.41, 5.74) is 2.02. The normalized spacial score (nSPS) is 12.6. The summed E-state index contributed by atoms with van der Waals surface area (Å²) in [5.74, 6) is -1.20. The van der Waals surface area contributed by atoms with Crippen molar-refractivity contribution in [3.8, 4) is 11.1 Å². The molecule has 0 saturated heterocycles. The maximum atomic E-state index is 15.1. The number of pyridine rings is 1. The third-order valence-corrected chi connectivity index (χ3v) is 6.21. The number of hydrogen-bond donors (Lipinski definition) is 1. The molecule has 0 saturated carbocycles. The van der Waals surface area contributed by atoms with Crippen molar-refractivity contribution < 1.29 is 8.78 Å². The van der Waals surface area contributed by atoms with Gasteiger partial charge in [-0.25, -0.2) is 13.5 Å². The molecular formula is C29H28F2N4O2. The van der Waals surface area contributed by atoms with E-state index >= 15 is 4.39 Å². The number of H-pyrrole nitrogens is 1. The quantitative estimate of drug-likeness (QED) is 0.367. The predicted octanol–water partition coefficient (Wildman–Crippen LogP) is 5.48. The fourth-order valence-electron chi connectivity index (χ4n) is 4.14. The molecule has 190 valence electrons. The largest absolute Gasteiger partial charge is 0.322 e. The van der Waals surface area contributed by atoms with Gasteiger partial charge in [0.2, 0.25) is 5.56 Å². The van der Waals surface area contributed by atoms with Gasteiger partial charge in [0, 0.05) is 35.9 Å². The molecule has 0 spiro atoms. The van der Waals surface area contributed by atoms with Gasteiger partial charge in [0.25, 0.3) is 5.56 Å². The first kappa shape index (κ1) is 25.9. The Labute approximate surface area is 213 Å². The second-order valence-electron chi connectivity index (χ2n) is 9.86. The van der Waals surface area contributed by atoms with Crippen LogP contribution in [-0.2, 0) is 12.0 Å². The minimum Gasteiger partial charge on any atom is -0.322 e. The van der Waals surface area contributed by atoms with Crippen LogP contribution in [0.4, 0.5) is 8.78 Å². The van der Waals surface area contributed by atoms with Crippen LogP contribution in [0.25, 0.3) is 27.5 Å². The van der Waals surface area contributed by atoms with Gasteiger partial charge in [-0.1, -0.05) is 39.0 Å². The number of aromatic nitrogens is 3. The molecule has 0 aliphatic heterocycles. The van der Waals surface area contributed by atoms with Crippen LogP contribution in [0, 0.1) is 11.6 Å². The van der Waals surface area contributed by atoms with E-state index in [0.29, 0.717) is 22.2 Å². The number of aliphatic imine (C=N–C) groups is 1. The first-order valence-electron chi connectivity index (χ1n) is 11.8. The van der Waals surface area contributed by atoms with E-state index in [4.69, 9.17) is 0 Å². The van der Waals surface area contributed by atoms with Gasteiger partial charge in [-0.15, -0.1) is 0 Å². The highest BCUT2D eigenvalue weighted by molar-refractivity contribution is 6.09. The molecule has 0 aliphatic carbocycles. The summed E-state index contributed by atoms with van der Waals surface area (Å²) in [7, 11) is 1.63. The van der Waals surface area contributed by atoms with Crippen LogP contribution in [0.15, 0.2) is 69.3 Å². The molecule has 4 rings (SSSR count). The monoisotopic (exact) mass is 502 g/mol. The summed E-state index contributed by atoms with van der Waals surface area (Å²) in [5, 5.41) is 4.49. The molecule has 6 nitrogen and oxygen atoms in total. The van der Waals surface area contributed by atoms with Gasteiger partial charge in [-0.3, -0.25) is 14.6 Å². The highest BCUT2D eigenvalue weighted by Crippen LogP contribution is 2.27. The number of rotatable bonds is 5. The van der Waals surface area contributed by atoms with E-state index in [0.717, 1.165) is 15.8 Å². The zero-order valence-corrected chi connectivity index (χ0v) is 21.4. The number of nitrogens with zero attached hydrogens (tertiary/aromatic N) is 3. The summed E-state index contributed by atoms with van der Waals surface area (Å²) < 4.78 is 31.1. The van der Waals surface area contributed by atoms with E-state index in [9.17, 15) is 14.0 Å². The lowest BCUT2D eigenvalue weighted by molar-refractivity contribution is 0.567. The molecule has 2 aromatic heterocycles. The lowest BCUT2D eigenvalue weighted by Crippen LogP contribution is -2.25. The van der Waals surface area contributed by atoms with E-state index in [1.54, 1.807) is 31.5 Å². The fourth-order valence-corrected chi connectivity index (χ4v) is 4.14. The maximum Gasteiger partial charge on any atom is 0.277 e. The highest BCUT2D eigenvalue weighted by atomic mass is 19.1. The van der Waals surface area contributed by atoms with Crippen molar-refractivity contribution in [1.29, 1.82) is 0 Å². The van der Waals surface area contributed by atoms with E-state index < -0.39 is 17.2 Å². The first-order valence-corrected chi connectivity index (χ1v) is 11.8. The van der Waals surface area contributed by atoms with Crippen LogP contribution in [0.2, 0.25) is 0 Å². The Balaban J connectivity index is 1.70. The Kier molecular flexibility index (Phi) is 7.03. The Hall–Kier alpha value is -4.20. The van der Waals surface area contributed by atoms with E-state index in [1.807, 2.05) is 33.8 Å². The third-order valence-electron chi connectivity index (χ3n) is 6.21. The molecule has 0 bridgehead atoms. The summed E-state index contributed by atoms with van der Waals surface area (Å²) in [6.45, 7) is 7.53. The molecule has 4 aromatic rings. The van der Waals surface area contributed by atoms with Crippen LogP contribution < -0.4 is 11.1 Å². The molecule has 8 heteroatoms. The molecule has 0 fully saturated rings. The molecule has 37 heavy (non-hydrogen) atoms. The molecule has 0 amide bonds. The van der Waals surface area contributed by atoms with Crippen LogP contribution in [0.5, 0.6) is 0 Å². The van der Waals surface area contributed by atoms with Crippen molar-refractivity contribution in [2.24, 2.45) is 4.99 Å². The summed E-state index contributed by atoms with van der Waals surface area (Å²) in [6.07, 6.45) is 4.87. The van der Waals surface area contributed by atoms with Crippen LogP contribution in [0.3, 0.4) is 0 Å². The first-order chi connectivity index (χ1) is 17.5. The van der Waals surface area contributed by atoms with Gasteiger partial charge in [0.1, 0.15) is 11.6 Å². The van der Waals surface area contributed by atoms with Crippen molar-refractivity contribution in [1.82, 2.24) is 14.8 Å². The van der Waals surface area contributed by atoms with Crippen molar-refractivity contribution >= 4 is 22.6 Å². The van der Waals surface area contributed by atoms with Gasteiger partial charge in [-0.05, 0) is 53.3 Å². The minimum absolute atomic E-state index is 0.0773. The van der Waals surface area contributed by atoms with Crippen LogP contribution in [0.1, 0.15) is 44.5 Å². The second kappa shape index (κ2) is 10.0. The predicted molar refractivity (Wildman–Crippen MR) is 144 cm³/mol. The lowest BCUT2D eigenvalue weighted by Gasteiger charge is -2.19. The van der Waals surface area contributed by atoms with E-state index in [2.05, 4.69) is 15.1 Å². The third kappa shape index (κ3) is 5.33. The molecule has 0 aliphatic rings. The van der Waals surface area contributed by atoms with Crippen molar-refractivity contribution in [3.05, 3.63) is 104 Å². The van der Waals surface area contributed by atoms with Crippen molar-refractivity contribution in [2.75, 3.05) is 7.05 Å². The van der Waals surface area contributed by atoms with E-state index in [-0.39, 0.29) is 28.5 Å². The molecular weight excluding hydrogens is 474 g/mol. The number of hydrogen-bond acceptors (Lipinski definition) is 4. The Morgan fingerprint density at radius 1 is 1.05 bits per heavy atom. The molecule has 2 aromatic carbocycles. The molecule has 0 unspecified atom stereocenters. The van der Waals surface area contributed by atoms with Gasteiger partial charge >= 0.3 is 0 Å². The minimum atomic E-state index is -0.630. The number of halogens is 2. The average molecular weight is 503 g/mol. The summed E-state index contributed by atoms with van der Waals surface area (Å²) in [4.78, 5) is 32.0. The number of nitrogens with one attached hydrogen (secondary N) is 1. The standard InChI is InChI=1S/C29H28F2N4O2/c1-6-17(14-32-5)25-11-20(12-26(36)34-25)18-7-8-19(23(30)10-18)16-35-28(37)27-21(15-33-35)9-22(13-24(27)31)29(2,3)4/h6-15H,16H2,1-5H3,(H,34,36)/b17-6+,32-14?. The van der Waals surface area contributed by atoms with Crippen LogP contribution in [-0.4, -0.2) is 28.0 Å². The Morgan fingerprint density at radius 3 is 2.46 bits per heavy atom. The summed E-state index contributed by atoms with van der Waals surface area (Å²) in [6, 6.07) is 10.8. The smallest absolute Gasteiger partial charge is 0.277 e. The zero-order valence-electron chi connectivity index (χ0n) is 21.4. The number of fused-ring (bicyclic) bond motifs is 1. The zero-order chi connectivity index (χ0) is 26.9. The van der Waals surface area contributed by atoms with Gasteiger partial charge in [-0.2, -0.15) is 5.10 Å². The molecule has 1 N–H and O–H groups in total. The van der Waals surface area contributed by atoms with Gasteiger partial charge in [0.15, 0.2) is 0 Å². The van der Waals surface area contributed by atoms with Gasteiger partial charge < -0.3 is 4.98 Å². The maximum absolute atomic E-state index is 15.1. The molecule has 2 heterocycles. The van der Waals surface area contributed by atoms with Crippen molar-refractivity contribution in [2.45, 2.75) is 39.7 Å². The number of aromatic amines is 1. The number of benzene rings is 2. The Morgan fingerprint density at radius 2 is 1.81 bits per heavy atom. The Bertz CT molecular complexity index is 1670. The topological polar surface area (TPSA) is 80.1 Å². The molecule has 0 atom stereocenters. The SMILES string of the molecule is C/C=C(\C=NC)c1cc(-c2ccc(Cn3ncc4cc(C(C)(C)C)cc(F)c4c3=O)c(F)c2)cc(=O)[nH]1. The van der Waals surface area contributed by atoms with Crippen molar-refractivity contribution in [3.63, 3.8) is 0 Å². The van der Waals surface area contributed by atoms with Crippen LogP contribution >= 0.6 is 0 Å². The van der Waals surface area contributed by atoms with E-state index in [1.165, 1.54) is 30.5 Å². The average Bonchev–Trinajstić information content (AvgIpc) is 2.84. The second-order valence-corrected chi connectivity index (χ2v) is 9.86. The lowest BCUT2D eigenvalue weighted by atomic mass is 9.86.